The third-order valence-electron chi connectivity index (χ3n) is 4.43. The molecule has 0 aliphatic carbocycles. The number of hydrogen-bond acceptors (Lipinski definition) is 8. The summed E-state index contributed by atoms with van der Waals surface area (Å²) in [6, 6.07) is 14.6. The Morgan fingerprint density at radius 2 is 1.90 bits per heavy atom. The molecule has 3 aromatic heterocycles. The van der Waals surface area contributed by atoms with Crippen molar-refractivity contribution in [3.05, 3.63) is 66.3 Å². The SMILES string of the molecule is COc1cccc2cc(C(=O)NCCNc3cc(Nc4ccccn4)nc(C)n3)oc12. The number of amides is 1. The summed E-state index contributed by atoms with van der Waals surface area (Å²) in [6.45, 7) is 2.68. The molecule has 0 fully saturated rings. The van der Waals surface area contributed by atoms with Crippen molar-refractivity contribution in [1.82, 2.24) is 20.3 Å². The number of pyridine rings is 1. The molecule has 0 saturated carbocycles. The van der Waals surface area contributed by atoms with E-state index >= 15 is 0 Å². The predicted molar refractivity (Wildman–Crippen MR) is 118 cm³/mol. The fourth-order valence-electron chi connectivity index (χ4n) is 3.05. The first kappa shape index (κ1) is 20.1. The van der Waals surface area contributed by atoms with Crippen molar-refractivity contribution in [1.29, 1.82) is 0 Å². The topological polar surface area (TPSA) is 114 Å². The van der Waals surface area contributed by atoms with Gasteiger partial charge in [-0.2, -0.15) is 0 Å². The highest BCUT2D eigenvalue weighted by molar-refractivity contribution is 5.97. The molecule has 0 atom stereocenters. The molecule has 0 aliphatic heterocycles. The molecule has 1 aromatic carbocycles. The number of rotatable bonds is 8. The van der Waals surface area contributed by atoms with E-state index in [1.165, 1.54) is 0 Å². The molecule has 9 nitrogen and oxygen atoms in total. The molecule has 1 amide bonds. The Morgan fingerprint density at radius 1 is 1.03 bits per heavy atom. The number of para-hydroxylation sites is 1. The van der Waals surface area contributed by atoms with Gasteiger partial charge in [0.15, 0.2) is 17.1 Å². The molecule has 31 heavy (non-hydrogen) atoms. The number of methoxy groups -OCH3 is 1. The molecule has 0 unspecified atom stereocenters. The highest BCUT2D eigenvalue weighted by Crippen LogP contribution is 2.28. The Kier molecular flexibility index (Phi) is 5.93. The van der Waals surface area contributed by atoms with Crippen LogP contribution in [-0.4, -0.2) is 41.1 Å². The largest absolute Gasteiger partial charge is 0.493 e. The van der Waals surface area contributed by atoms with Crippen molar-refractivity contribution >= 4 is 34.3 Å². The van der Waals surface area contributed by atoms with E-state index in [1.807, 2.05) is 37.3 Å². The fraction of sp³-hybridized carbons (Fsp3) is 0.182. The number of ether oxygens (including phenoxy) is 1. The summed E-state index contributed by atoms with van der Waals surface area (Å²) in [6.07, 6.45) is 1.70. The van der Waals surface area contributed by atoms with E-state index in [-0.39, 0.29) is 11.7 Å². The van der Waals surface area contributed by atoms with Gasteiger partial charge in [-0.25, -0.2) is 15.0 Å². The average Bonchev–Trinajstić information content (AvgIpc) is 3.21. The molecule has 4 rings (SSSR count). The molecule has 0 saturated heterocycles. The monoisotopic (exact) mass is 418 g/mol. The van der Waals surface area contributed by atoms with E-state index < -0.39 is 0 Å². The number of nitrogens with zero attached hydrogens (tertiary/aromatic N) is 3. The minimum atomic E-state index is -0.295. The van der Waals surface area contributed by atoms with Crippen LogP contribution < -0.4 is 20.7 Å². The van der Waals surface area contributed by atoms with Crippen LogP contribution in [0.25, 0.3) is 11.0 Å². The Balaban J connectivity index is 1.33. The third-order valence-corrected chi connectivity index (χ3v) is 4.43. The Hall–Kier alpha value is -4.14. The summed E-state index contributed by atoms with van der Waals surface area (Å²) in [5.74, 6) is 3.12. The molecule has 4 aromatic rings. The van der Waals surface area contributed by atoms with Crippen LogP contribution in [0.15, 0.2) is 59.1 Å². The number of furan rings is 1. The number of fused-ring (bicyclic) bond motifs is 1. The fourth-order valence-corrected chi connectivity index (χ4v) is 3.05. The van der Waals surface area contributed by atoms with Crippen LogP contribution in [-0.2, 0) is 0 Å². The van der Waals surface area contributed by atoms with Crippen molar-refractivity contribution in [2.24, 2.45) is 0 Å². The van der Waals surface area contributed by atoms with Gasteiger partial charge >= 0.3 is 0 Å². The van der Waals surface area contributed by atoms with Crippen LogP contribution >= 0.6 is 0 Å². The highest BCUT2D eigenvalue weighted by atomic mass is 16.5. The van der Waals surface area contributed by atoms with Crippen LogP contribution in [0.5, 0.6) is 5.75 Å². The number of carbonyl (C=O) groups is 1. The zero-order chi connectivity index (χ0) is 21.6. The van der Waals surface area contributed by atoms with Crippen molar-refractivity contribution in [2.75, 3.05) is 30.8 Å². The first-order valence-corrected chi connectivity index (χ1v) is 9.75. The quantitative estimate of drug-likeness (QED) is 0.373. The van der Waals surface area contributed by atoms with Crippen molar-refractivity contribution in [3.8, 4) is 5.75 Å². The molecule has 0 spiro atoms. The molecule has 3 N–H and O–H groups in total. The predicted octanol–water partition coefficient (Wildman–Crippen LogP) is 3.52. The van der Waals surface area contributed by atoms with Gasteiger partial charge in [0.1, 0.15) is 23.3 Å². The second kappa shape index (κ2) is 9.12. The lowest BCUT2D eigenvalue weighted by atomic mass is 10.2. The van der Waals surface area contributed by atoms with E-state index in [1.54, 1.807) is 31.5 Å². The molecular weight excluding hydrogens is 396 g/mol. The van der Waals surface area contributed by atoms with E-state index in [0.29, 0.717) is 47.7 Å². The summed E-state index contributed by atoms with van der Waals surface area (Å²) in [7, 11) is 1.56. The lowest BCUT2D eigenvalue weighted by molar-refractivity contribution is 0.0929. The second-order valence-corrected chi connectivity index (χ2v) is 6.70. The molecule has 9 heteroatoms. The minimum absolute atomic E-state index is 0.235. The zero-order valence-corrected chi connectivity index (χ0v) is 17.2. The number of nitrogens with one attached hydrogen (secondary N) is 3. The van der Waals surface area contributed by atoms with Crippen molar-refractivity contribution < 1.29 is 13.9 Å². The number of anilines is 3. The van der Waals surface area contributed by atoms with Gasteiger partial charge in [-0.15, -0.1) is 0 Å². The Morgan fingerprint density at radius 3 is 2.71 bits per heavy atom. The molecule has 158 valence electrons. The van der Waals surface area contributed by atoms with E-state index in [9.17, 15) is 4.79 Å². The van der Waals surface area contributed by atoms with Crippen LogP contribution in [0.2, 0.25) is 0 Å². The number of aromatic nitrogens is 3. The van der Waals surface area contributed by atoms with Crippen LogP contribution in [0.3, 0.4) is 0 Å². The molecular formula is C22H22N6O3. The number of aryl methyl sites for hydroxylation is 1. The summed E-state index contributed by atoms with van der Waals surface area (Å²) >= 11 is 0. The van der Waals surface area contributed by atoms with Gasteiger partial charge in [0, 0.05) is 30.7 Å². The van der Waals surface area contributed by atoms with Crippen LogP contribution in [0.1, 0.15) is 16.4 Å². The van der Waals surface area contributed by atoms with Gasteiger partial charge < -0.3 is 25.1 Å². The van der Waals surface area contributed by atoms with Gasteiger partial charge in [0.05, 0.1) is 7.11 Å². The van der Waals surface area contributed by atoms with Gasteiger partial charge in [0.25, 0.3) is 5.91 Å². The van der Waals surface area contributed by atoms with Gasteiger partial charge in [-0.1, -0.05) is 18.2 Å². The zero-order valence-electron chi connectivity index (χ0n) is 17.2. The third kappa shape index (κ3) is 4.89. The minimum Gasteiger partial charge on any atom is -0.493 e. The standard InChI is InChI=1S/C22H22N6O3/c1-14-26-19(13-20(27-14)28-18-8-3-4-9-23-18)24-10-11-25-22(29)17-12-15-6-5-7-16(30-2)21(15)31-17/h3-9,12-13H,10-11H2,1-2H3,(H,25,29)(H2,23,24,26,27,28). The number of benzene rings is 1. The first-order valence-electron chi connectivity index (χ1n) is 9.75. The second-order valence-electron chi connectivity index (χ2n) is 6.70. The maximum Gasteiger partial charge on any atom is 0.287 e. The summed E-state index contributed by atoms with van der Waals surface area (Å²) in [5.41, 5.74) is 0.553. The Bertz CT molecular complexity index is 1190. The van der Waals surface area contributed by atoms with E-state index in [0.717, 1.165) is 5.39 Å². The van der Waals surface area contributed by atoms with Gasteiger partial charge in [-0.3, -0.25) is 4.79 Å². The smallest absolute Gasteiger partial charge is 0.287 e. The summed E-state index contributed by atoms with van der Waals surface area (Å²) in [5, 5.41) is 9.97. The van der Waals surface area contributed by atoms with E-state index in [2.05, 4.69) is 30.9 Å². The molecule has 3 heterocycles. The summed E-state index contributed by atoms with van der Waals surface area (Å²) < 4.78 is 10.9. The highest BCUT2D eigenvalue weighted by Gasteiger charge is 2.14. The van der Waals surface area contributed by atoms with Gasteiger partial charge in [-0.05, 0) is 31.2 Å². The normalized spacial score (nSPS) is 10.6. The maximum atomic E-state index is 12.4. The van der Waals surface area contributed by atoms with E-state index in [4.69, 9.17) is 9.15 Å². The Labute approximate surface area is 178 Å². The lowest BCUT2D eigenvalue weighted by Crippen LogP contribution is -2.28. The molecule has 0 bridgehead atoms. The number of carbonyl (C=O) groups excluding carboxylic acids is 1. The molecule has 0 aliphatic rings. The lowest BCUT2D eigenvalue weighted by Gasteiger charge is -2.10. The number of hydrogen-bond donors (Lipinski definition) is 3. The van der Waals surface area contributed by atoms with Crippen molar-refractivity contribution in [3.63, 3.8) is 0 Å². The first-order chi connectivity index (χ1) is 15.1. The molecule has 0 radical (unpaired) electrons. The van der Waals surface area contributed by atoms with Crippen molar-refractivity contribution in [2.45, 2.75) is 6.92 Å². The van der Waals surface area contributed by atoms with Crippen LogP contribution in [0.4, 0.5) is 17.5 Å². The average molecular weight is 418 g/mol. The van der Waals surface area contributed by atoms with Gasteiger partial charge in [0.2, 0.25) is 0 Å². The van der Waals surface area contributed by atoms with Crippen LogP contribution in [0, 0.1) is 6.92 Å². The summed E-state index contributed by atoms with van der Waals surface area (Å²) in [4.78, 5) is 25.4. The maximum absolute atomic E-state index is 12.4.